The van der Waals surface area contributed by atoms with Crippen molar-refractivity contribution in [2.24, 2.45) is 5.73 Å². The number of hydrogen-bond acceptors (Lipinski definition) is 6. The Balaban J connectivity index is 1.89. The number of benzene rings is 2. The van der Waals surface area contributed by atoms with E-state index in [1.54, 1.807) is 25.1 Å². The van der Waals surface area contributed by atoms with Gasteiger partial charge in [-0.1, -0.05) is 30.3 Å². The number of allylic oxidation sites excluding steroid dienone is 1. The molecule has 0 saturated heterocycles. The Morgan fingerprint density at radius 3 is 2.72 bits per heavy atom. The minimum absolute atomic E-state index is 0.110. The second-order valence-electron chi connectivity index (χ2n) is 6.46. The first kappa shape index (κ1) is 18.3. The van der Waals surface area contributed by atoms with Crippen molar-refractivity contribution in [2.75, 3.05) is 5.32 Å². The summed E-state index contributed by atoms with van der Waals surface area (Å²) < 4.78 is 15.9. The van der Waals surface area contributed by atoms with Crippen molar-refractivity contribution >= 4 is 17.5 Å². The van der Waals surface area contributed by atoms with E-state index >= 15 is 0 Å². The van der Waals surface area contributed by atoms with E-state index in [1.165, 1.54) is 35.0 Å². The average molecular weight is 394 g/mol. The van der Waals surface area contributed by atoms with E-state index in [9.17, 15) is 19.3 Å². The lowest BCUT2D eigenvalue weighted by molar-refractivity contribution is -0.384. The molecule has 4 rings (SSSR count). The summed E-state index contributed by atoms with van der Waals surface area (Å²) in [6, 6.07) is 10.9. The number of hydrogen-bond donors (Lipinski definition) is 2. The summed E-state index contributed by atoms with van der Waals surface area (Å²) in [6.45, 7) is 1.64. The number of nitrogens with zero attached hydrogens (tertiary/aromatic N) is 4. The Hall–Kier alpha value is -4.08. The van der Waals surface area contributed by atoms with Crippen LogP contribution >= 0.6 is 0 Å². The number of primary amides is 1. The minimum atomic E-state index is -0.926. The zero-order chi connectivity index (χ0) is 20.7. The van der Waals surface area contributed by atoms with E-state index in [2.05, 4.69) is 15.4 Å². The molecule has 10 heteroatoms. The summed E-state index contributed by atoms with van der Waals surface area (Å²) in [4.78, 5) is 27.1. The molecule has 9 nitrogen and oxygen atoms in total. The van der Waals surface area contributed by atoms with Gasteiger partial charge in [0.15, 0.2) is 5.82 Å². The van der Waals surface area contributed by atoms with Crippen molar-refractivity contribution in [2.45, 2.75) is 13.0 Å². The Morgan fingerprint density at radius 1 is 1.28 bits per heavy atom. The van der Waals surface area contributed by atoms with Crippen molar-refractivity contribution in [3.8, 4) is 11.4 Å². The fourth-order valence-electron chi connectivity index (χ4n) is 3.34. The number of nitrogens with one attached hydrogen (secondary N) is 1. The van der Waals surface area contributed by atoms with Crippen molar-refractivity contribution in [1.29, 1.82) is 0 Å². The lowest BCUT2D eigenvalue weighted by Crippen LogP contribution is -2.32. The number of nitro benzene ring substituents is 1. The molecule has 2 aromatic carbocycles. The lowest BCUT2D eigenvalue weighted by atomic mass is 9.95. The molecule has 0 saturated carbocycles. The number of aromatic nitrogens is 3. The van der Waals surface area contributed by atoms with Crippen LogP contribution in [0.3, 0.4) is 0 Å². The van der Waals surface area contributed by atoms with E-state index in [-0.39, 0.29) is 28.6 Å². The maximum absolute atomic E-state index is 14.6. The van der Waals surface area contributed by atoms with Crippen LogP contribution in [0.2, 0.25) is 0 Å². The first-order valence-electron chi connectivity index (χ1n) is 8.60. The molecule has 0 spiro atoms. The summed E-state index contributed by atoms with van der Waals surface area (Å²) in [5, 5.41) is 18.4. The third kappa shape index (κ3) is 3.10. The number of halogens is 1. The molecule has 146 valence electrons. The second kappa shape index (κ2) is 6.82. The van der Waals surface area contributed by atoms with Gasteiger partial charge in [-0.15, -0.1) is 5.10 Å². The van der Waals surface area contributed by atoms with Gasteiger partial charge in [0.1, 0.15) is 11.9 Å². The summed E-state index contributed by atoms with van der Waals surface area (Å²) in [5.74, 6) is -0.788. The number of non-ortho nitro benzene ring substituents is 1. The van der Waals surface area contributed by atoms with E-state index in [4.69, 9.17) is 5.73 Å². The van der Waals surface area contributed by atoms with Gasteiger partial charge in [0.05, 0.1) is 10.5 Å². The Morgan fingerprint density at radius 2 is 2.03 bits per heavy atom. The quantitative estimate of drug-likeness (QED) is 0.517. The van der Waals surface area contributed by atoms with Crippen LogP contribution in [0.1, 0.15) is 18.5 Å². The highest BCUT2D eigenvalue weighted by Gasteiger charge is 2.34. The summed E-state index contributed by atoms with van der Waals surface area (Å²) in [6.07, 6.45) is 0. The molecule has 2 heterocycles. The predicted molar refractivity (Wildman–Crippen MR) is 102 cm³/mol. The zero-order valence-corrected chi connectivity index (χ0v) is 15.2. The standard InChI is InChI=1S/C19H15FN6O3/c1-10-15(17(21)27)16(13-7-2-3-8-14(13)20)25-19(22-10)23-18(24-25)11-5-4-6-12(9-11)26(28)29/h2-9,16H,1H3,(H2,21,27)(H,22,23,24). The number of nitrogens with two attached hydrogens (primary N) is 1. The largest absolute Gasteiger partial charge is 0.366 e. The number of fused-ring (bicyclic) bond motifs is 1. The van der Waals surface area contributed by atoms with Gasteiger partial charge in [0.2, 0.25) is 11.9 Å². The van der Waals surface area contributed by atoms with Gasteiger partial charge in [-0.3, -0.25) is 14.9 Å². The van der Waals surface area contributed by atoms with Crippen LogP contribution in [0.15, 0.2) is 59.8 Å². The van der Waals surface area contributed by atoms with Crippen LogP contribution in [0, 0.1) is 15.9 Å². The first-order valence-corrected chi connectivity index (χ1v) is 8.60. The molecule has 1 unspecified atom stereocenters. The van der Waals surface area contributed by atoms with Crippen LogP contribution in [-0.4, -0.2) is 25.6 Å². The van der Waals surface area contributed by atoms with Gasteiger partial charge in [-0.05, 0) is 13.0 Å². The molecule has 0 fully saturated rings. The van der Waals surface area contributed by atoms with Gasteiger partial charge in [-0.2, -0.15) is 4.98 Å². The molecule has 3 aromatic rings. The minimum Gasteiger partial charge on any atom is -0.366 e. The van der Waals surface area contributed by atoms with Crippen LogP contribution in [-0.2, 0) is 4.79 Å². The molecule has 1 atom stereocenters. The van der Waals surface area contributed by atoms with Gasteiger partial charge in [0, 0.05) is 29.0 Å². The summed E-state index contributed by atoms with van der Waals surface area (Å²) >= 11 is 0. The number of carbonyl (C=O) groups is 1. The monoisotopic (exact) mass is 394 g/mol. The second-order valence-corrected chi connectivity index (χ2v) is 6.46. The molecule has 1 amide bonds. The van der Waals surface area contributed by atoms with Crippen LogP contribution in [0.4, 0.5) is 16.0 Å². The lowest BCUT2D eigenvalue weighted by Gasteiger charge is -2.27. The summed E-state index contributed by atoms with van der Waals surface area (Å²) in [7, 11) is 0. The van der Waals surface area contributed by atoms with Crippen LogP contribution < -0.4 is 11.1 Å². The van der Waals surface area contributed by atoms with E-state index in [0.717, 1.165) is 0 Å². The molecule has 0 bridgehead atoms. The Kier molecular flexibility index (Phi) is 4.30. The third-order valence-electron chi connectivity index (χ3n) is 4.63. The van der Waals surface area contributed by atoms with E-state index in [0.29, 0.717) is 11.3 Å². The molecular formula is C19H15FN6O3. The van der Waals surface area contributed by atoms with Crippen molar-refractivity contribution in [1.82, 2.24) is 14.8 Å². The third-order valence-corrected chi connectivity index (χ3v) is 4.63. The Labute approximate surface area is 163 Å². The SMILES string of the molecule is CC1=C(C(N)=O)C(c2ccccc2F)n2nc(-c3cccc([N+](=O)[O-])c3)nc2N1. The molecule has 1 aromatic heterocycles. The molecule has 29 heavy (non-hydrogen) atoms. The number of rotatable bonds is 4. The highest BCUT2D eigenvalue weighted by Crippen LogP contribution is 2.37. The Bertz CT molecular complexity index is 1190. The van der Waals surface area contributed by atoms with Crippen LogP contribution in [0.25, 0.3) is 11.4 Å². The van der Waals surface area contributed by atoms with Gasteiger partial charge >= 0.3 is 0 Å². The molecule has 3 N–H and O–H groups in total. The number of anilines is 1. The normalized spacial score (nSPS) is 15.6. The number of carbonyl (C=O) groups excluding carboxylic acids is 1. The maximum atomic E-state index is 14.6. The zero-order valence-electron chi connectivity index (χ0n) is 15.2. The molecule has 0 radical (unpaired) electrons. The van der Waals surface area contributed by atoms with Crippen molar-refractivity contribution in [3.05, 3.63) is 81.3 Å². The molecule has 1 aliphatic heterocycles. The molecular weight excluding hydrogens is 379 g/mol. The fraction of sp³-hybridized carbons (Fsp3) is 0.105. The predicted octanol–water partition coefficient (Wildman–Crippen LogP) is 2.77. The molecule has 0 aliphatic carbocycles. The van der Waals surface area contributed by atoms with Crippen molar-refractivity contribution < 1.29 is 14.1 Å². The smallest absolute Gasteiger partial charge is 0.270 e. The van der Waals surface area contributed by atoms with Gasteiger partial charge in [-0.25, -0.2) is 9.07 Å². The van der Waals surface area contributed by atoms with Crippen LogP contribution in [0.5, 0.6) is 0 Å². The maximum Gasteiger partial charge on any atom is 0.270 e. The van der Waals surface area contributed by atoms with E-state index < -0.39 is 22.7 Å². The van der Waals surface area contributed by atoms with E-state index in [1.807, 2.05) is 0 Å². The van der Waals surface area contributed by atoms with Gasteiger partial charge < -0.3 is 11.1 Å². The van der Waals surface area contributed by atoms with Crippen molar-refractivity contribution in [3.63, 3.8) is 0 Å². The highest BCUT2D eigenvalue weighted by molar-refractivity contribution is 5.95. The first-order chi connectivity index (χ1) is 13.9. The summed E-state index contributed by atoms with van der Waals surface area (Å²) in [5.41, 5.74) is 6.65. The average Bonchev–Trinajstić information content (AvgIpc) is 3.11. The highest BCUT2D eigenvalue weighted by atomic mass is 19.1. The fourth-order valence-corrected chi connectivity index (χ4v) is 3.34. The number of amides is 1. The van der Waals surface area contributed by atoms with Gasteiger partial charge in [0.25, 0.3) is 5.69 Å². The topological polar surface area (TPSA) is 129 Å². The molecule has 1 aliphatic rings. The number of nitro groups is 1.